The summed E-state index contributed by atoms with van der Waals surface area (Å²) < 4.78 is 36.8. The average Bonchev–Trinajstić information content (AvgIpc) is 2.72. The zero-order chi connectivity index (χ0) is 15.4. The Morgan fingerprint density at radius 3 is 2.40 bits per heavy atom. The minimum absolute atomic E-state index is 0.145. The first-order valence-electron chi connectivity index (χ1n) is 7.33. The fourth-order valence-electron chi connectivity index (χ4n) is 2.90. The molecule has 2 N–H and O–H groups in total. The van der Waals surface area contributed by atoms with Crippen LogP contribution in [0.1, 0.15) is 32.6 Å². The van der Waals surface area contributed by atoms with Crippen LogP contribution in [0.2, 0.25) is 0 Å². The minimum atomic E-state index is -4.07. The van der Waals surface area contributed by atoms with E-state index in [1.807, 2.05) is 14.0 Å². The quantitative estimate of drug-likeness (QED) is 0.782. The van der Waals surface area contributed by atoms with Crippen molar-refractivity contribution in [3.8, 4) is 0 Å². The fraction of sp³-hybridized carbons (Fsp3) is 1.00. The third-order valence-electron chi connectivity index (χ3n) is 4.56. The van der Waals surface area contributed by atoms with E-state index in [9.17, 15) is 13.2 Å². The molecule has 20 heavy (non-hydrogen) atoms. The molecule has 0 aromatic heterocycles. The van der Waals surface area contributed by atoms with E-state index in [-0.39, 0.29) is 12.0 Å². The molecule has 0 aromatic carbocycles. The topological polar surface area (TPSA) is 32.5 Å². The highest BCUT2D eigenvalue weighted by atomic mass is 19.4. The molecule has 120 valence electrons. The van der Waals surface area contributed by atoms with E-state index in [2.05, 4.69) is 16.8 Å². The SMILES string of the molecule is CN1CCC(CN(C)C(C)(CN)CCCC(F)(F)F)C1. The molecule has 3 nitrogen and oxygen atoms in total. The van der Waals surface area contributed by atoms with Crippen molar-refractivity contribution in [2.75, 3.05) is 40.3 Å². The first kappa shape index (κ1) is 17.7. The molecule has 0 aliphatic carbocycles. The summed E-state index contributed by atoms with van der Waals surface area (Å²) in [5.74, 6) is 0.596. The zero-order valence-electron chi connectivity index (χ0n) is 12.8. The van der Waals surface area contributed by atoms with Crippen molar-refractivity contribution < 1.29 is 13.2 Å². The number of likely N-dealkylation sites (N-methyl/N-ethyl adjacent to an activating group) is 1. The molecule has 1 aliphatic rings. The van der Waals surface area contributed by atoms with Gasteiger partial charge in [-0.2, -0.15) is 13.2 Å². The molecular formula is C14H28F3N3. The lowest BCUT2D eigenvalue weighted by Gasteiger charge is -2.39. The molecule has 1 aliphatic heterocycles. The second-order valence-corrected chi connectivity index (χ2v) is 6.47. The molecule has 0 spiro atoms. The van der Waals surface area contributed by atoms with Crippen molar-refractivity contribution in [2.24, 2.45) is 11.7 Å². The highest BCUT2D eigenvalue weighted by Gasteiger charge is 2.33. The van der Waals surface area contributed by atoms with E-state index >= 15 is 0 Å². The molecule has 0 radical (unpaired) electrons. The standard InChI is InChI=1S/C14H28F3N3/c1-13(11-18,6-4-7-14(15,16)17)20(3)10-12-5-8-19(2)9-12/h12H,4-11,18H2,1-3H3. The van der Waals surface area contributed by atoms with Crippen LogP contribution >= 0.6 is 0 Å². The predicted molar refractivity (Wildman–Crippen MR) is 75.6 cm³/mol. The van der Waals surface area contributed by atoms with E-state index in [4.69, 9.17) is 5.73 Å². The van der Waals surface area contributed by atoms with E-state index in [1.165, 1.54) is 0 Å². The number of hydrogen-bond acceptors (Lipinski definition) is 3. The van der Waals surface area contributed by atoms with Crippen LogP contribution in [0.5, 0.6) is 0 Å². The van der Waals surface area contributed by atoms with Gasteiger partial charge in [0.25, 0.3) is 0 Å². The lowest BCUT2D eigenvalue weighted by atomic mass is 9.91. The summed E-state index contributed by atoms with van der Waals surface area (Å²) in [6.07, 6.45) is -3.00. The second-order valence-electron chi connectivity index (χ2n) is 6.47. The van der Waals surface area contributed by atoms with Crippen LogP contribution in [-0.2, 0) is 0 Å². The Hall–Kier alpha value is -0.330. The van der Waals surface area contributed by atoms with E-state index in [1.54, 1.807) is 0 Å². The summed E-state index contributed by atoms with van der Waals surface area (Å²) in [5.41, 5.74) is 5.49. The van der Waals surface area contributed by atoms with Gasteiger partial charge in [-0.05, 0) is 52.7 Å². The molecule has 2 atom stereocenters. The third-order valence-corrected chi connectivity index (χ3v) is 4.56. The highest BCUT2D eigenvalue weighted by molar-refractivity contribution is 4.88. The van der Waals surface area contributed by atoms with Gasteiger partial charge >= 0.3 is 6.18 Å². The lowest BCUT2D eigenvalue weighted by Crippen LogP contribution is -2.51. The van der Waals surface area contributed by atoms with Crippen molar-refractivity contribution in [1.82, 2.24) is 9.80 Å². The molecule has 1 fully saturated rings. The van der Waals surface area contributed by atoms with Crippen LogP contribution < -0.4 is 5.73 Å². The molecule has 1 rings (SSSR count). The summed E-state index contributed by atoms with van der Waals surface area (Å²) in [6.45, 7) is 5.44. The van der Waals surface area contributed by atoms with Gasteiger partial charge in [-0.15, -0.1) is 0 Å². The lowest BCUT2D eigenvalue weighted by molar-refractivity contribution is -0.136. The Balaban J connectivity index is 2.45. The number of halogens is 3. The zero-order valence-corrected chi connectivity index (χ0v) is 12.8. The average molecular weight is 295 g/mol. The number of nitrogens with two attached hydrogens (primary N) is 1. The summed E-state index contributed by atoms with van der Waals surface area (Å²) in [7, 11) is 4.09. The monoisotopic (exact) mass is 295 g/mol. The van der Waals surface area contributed by atoms with Crippen LogP contribution in [0.4, 0.5) is 13.2 Å². The van der Waals surface area contributed by atoms with Crippen molar-refractivity contribution in [3.05, 3.63) is 0 Å². The van der Waals surface area contributed by atoms with Crippen LogP contribution in [0.3, 0.4) is 0 Å². The molecule has 0 aromatic rings. The van der Waals surface area contributed by atoms with Gasteiger partial charge in [-0.1, -0.05) is 0 Å². The normalized spacial score (nSPS) is 24.3. The van der Waals surface area contributed by atoms with Crippen molar-refractivity contribution >= 4 is 0 Å². The number of nitrogens with zero attached hydrogens (tertiary/aromatic N) is 2. The van der Waals surface area contributed by atoms with Gasteiger partial charge in [0.1, 0.15) is 0 Å². The van der Waals surface area contributed by atoms with Gasteiger partial charge < -0.3 is 10.6 Å². The third kappa shape index (κ3) is 5.58. The maximum Gasteiger partial charge on any atom is 0.389 e. The van der Waals surface area contributed by atoms with E-state index in [0.29, 0.717) is 18.9 Å². The Morgan fingerprint density at radius 1 is 1.30 bits per heavy atom. The second kappa shape index (κ2) is 7.09. The van der Waals surface area contributed by atoms with Crippen LogP contribution in [0, 0.1) is 5.92 Å². The summed E-state index contributed by atoms with van der Waals surface area (Å²) >= 11 is 0. The van der Waals surface area contributed by atoms with E-state index < -0.39 is 12.6 Å². The Bertz CT molecular complexity index is 296. The van der Waals surface area contributed by atoms with Gasteiger partial charge in [0.05, 0.1) is 0 Å². The van der Waals surface area contributed by atoms with Gasteiger partial charge in [0.15, 0.2) is 0 Å². The molecule has 2 unspecified atom stereocenters. The first-order valence-corrected chi connectivity index (χ1v) is 7.33. The van der Waals surface area contributed by atoms with Crippen LogP contribution in [0.25, 0.3) is 0 Å². The van der Waals surface area contributed by atoms with Crippen LogP contribution in [-0.4, -0.2) is 61.8 Å². The van der Waals surface area contributed by atoms with Gasteiger partial charge in [0, 0.05) is 31.6 Å². The Labute approximate surface area is 120 Å². The molecule has 6 heteroatoms. The predicted octanol–water partition coefficient (Wildman–Crippen LogP) is 2.32. The van der Waals surface area contributed by atoms with Crippen LogP contribution in [0.15, 0.2) is 0 Å². The number of likely N-dealkylation sites (tertiary alicyclic amines) is 1. The highest BCUT2D eigenvalue weighted by Crippen LogP contribution is 2.28. The first-order chi connectivity index (χ1) is 9.16. The molecular weight excluding hydrogens is 267 g/mol. The fourth-order valence-corrected chi connectivity index (χ4v) is 2.90. The molecule has 0 saturated carbocycles. The minimum Gasteiger partial charge on any atom is -0.329 e. The largest absolute Gasteiger partial charge is 0.389 e. The van der Waals surface area contributed by atoms with E-state index in [0.717, 1.165) is 26.1 Å². The summed E-state index contributed by atoms with van der Waals surface area (Å²) in [4.78, 5) is 4.45. The summed E-state index contributed by atoms with van der Waals surface area (Å²) in [6, 6.07) is 0. The maximum atomic E-state index is 12.3. The molecule has 0 amide bonds. The molecule has 0 bridgehead atoms. The van der Waals surface area contributed by atoms with Crippen molar-refractivity contribution in [1.29, 1.82) is 0 Å². The van der Waals surface area contributed by atoms with Crippen molar-refractivity contribution in [2.45, 2.75) is 44.3 Å². The number of alkyl halides is 3. The number of hydrogen-bond donors (Lipinski definition) is 1. The smallest absolute Gasteiger partial charge is 0.329 e. The number of rotatable bonds is 7. The molecule has 1 saturated heterocycles. The van der Waals surface area contributed by atoms with Gasteiger partial charge in [-0.3, -0.25) is 4.90 Å². The van der Waals surface area contributed by atoms with Gasteiger partial charge in [0.2, 0.25) is 0 Å². The van der Waals surface area contributed by atoms with Gasteiger partial charge in [-0.25, -0.2) is 0 Å². The Kier molecular flexibility index (Phi) is 6.28. The summed E-state index contributed by atoms with van der Waals surface area (Å²) in [5, 5.41) is 0. The maximum absolute atomic E-state index is 12.3. The molecule has 1 heterocycles. The van der Waals surface area contributed by atoms with Crippen molar-refractivity contribution in [3.63, 3.8) is 0 Å². The Morgan fingerprint density at radius 2 is 1.95 bits per heavy atom.